The van der Waals surface area contributed by atoms with Crippen molar-refractivity contribution in [2.24, 2.45) is 0 Å². The van der Waals surface area contributed by atoms with Crippen molar-refractivity contribution in [2.45, 2.75) is 13.1 Å². The standard InChI is InChI=1S/C38H29NO2Si2/c1-42(2)34-20-10-6-16-28(34)39(29-17-7-11-21-35(29)42)26-24-32-38-33(25-26)41-31-19-9-13-23-37(31)43(38,27-14-4-3-5-15-27)36-22-12-8-18-30(36)40-32/h3-25H,1-2H3. The number of fused-ring (bicyclic) bond motifs is 6. The molecule has 0 radical (unpaired) electrons. The number of hydrogen-bond acceptors (Lipinski definition) is 3. The average molecular weight is 588 g/mol. The molecule has 3 heterocycles. The molecule has 6 aromatic rings. The van der Waals surface area contributed by atoms with Crippen LogP contribution in [-0.2, 0) is 0 Å². The summed E-state index contributed by atoms with van der Waals surface area (Å²) in [6.45, 7) is 4.91. The summed E-state index contributed by atoms with van der Waals surface area (Å²) in [5, 5.41) is 7.92. The smallest absolute Gasteiger partial charge is 0.197 e. The number of para-hydroxylation sites is 4. The van der Waals surface area contributed by atoms with Gasteiger partial charge in [0.2, 0.25) is 0 Å². The Kier molecular flexibility index (Phi) is 5.08. The van der Waals surface area contributed by atoms with Crippen molar-refractivity contribution < 1.29 is 9.47 Å². The van der Waals surface area contributed by atoms with Crippen LogP contribution in [0.1, 0.15) is 0 Å². The van der Waals surface area contributed by atoms with E-state index in [2.05, 4.69) is 158 Å². The summed E-state index contributed by atoms with van der Waals surface area (Å²) in [5.74, 6) is 3.62. The third kappa shape index (κ3) is 3.23. The van der Waals surface area contributed by atoms with Crippen molar-refractivity contribution in [3.8, 4) is 23.0 Å². The van der Waals surface area contributed by atoms with E-state index < -0.39 is 16.1 Å². The first kappa shape index (κ1) is 24.7. The number of hydrogen-bond donors (Lipinski definition) is 0. The Balaban J connectivity index is 1.37. The second-order valence-electron chi connectivity index (χ2n) is 12.1. The van der Waals surface area contributed by atoms with Crippen LogP contribution in [0, 0.1) is 0 Å². The van der Waals surface area contributed by atoms with Crippen LogP contribution in [0.15, 0.2) is 140 Å². The van der Waals surface area contributed by atoms with E-state index in [0.29, 0.717) is 0 Å². The number of anilines is 3. The molecule has 206 valence electrons. The van der Waals surface area contributed by atoms with Crippen molar-refractivity contribution in [1.29, 1.82) is 0 Å². The molecule has 6 aromatic carbocycles. The molecule has 3 nitrogen and oxygen atoms in total. The van der Waals surface area contributed by atoms with Crippen molar-refractivity contribution in [1.82, 2.24) is 0 Å². The summed E-state index contributed by atoms with van der Waals surface area (Å²) >= 11 is 0. The van der Waals surface area contributed by atoms with Gasteiger partial charge in [-0.15, -0.1) is 0 Å². The van der Waals surface area contributed by atoms with E-state index in [1.165, 1.54) is 42.5 Å². The van der Waals surface area contributed by atoms with Crippen molar-refractivity contribution in [2.75, 3.05) is 4.90 Å². The number of nitrogens with zero attached hydrogens (tertiary/aromatic N) is 1. The summed E-state index contributed by atoms with van der Waals surface area (Å²) in [4.78, 5) is 2.42. The first-order valence-electron chi connectivity index (χ1n) is 14.9. The topological polar surface area (TPSA) is 21.7 Å². The lowest BCUT2D eigenvalue weighted by molar-refractivity contribution is 0.464. The number of ether oxygens (including phenoxy) is 2. The quantitative estimate of drug-likeness (QED) is 0.236. The van der Waals surface area contributed by atoms with Crippen LogP contribution in [0.4, 0.5) is 17.1 Å². The Bertz CT molecular complexity index is 1970. The zero-order valence-electron chi connectivity index (χ0n) is 24.0. The lowest BCUT2D eigenvalue weighted by Crippen LogP contribution is -2.77. The molecule has 5 heteroatoms. The monoisotopic (exact) mass is 587 g/mol. The molecule has 43 heavy (non-hydrogen) atoms. The van der Waals surface area contributed by atoms with E-state index >= 15 is 0 Å². The third-order valence-corrected chi connectivity index (χ3v) is 18.0. The molecule has 0 amide bonds. The maximum absolute atomic E-state index is 6.87. The third-order valence-electron chi connectivity index (χ3n) is 9.55. The Morgan fingerprint density at radius 3 is 1.44 bits per heavy atom. The summed E-state index contributed by atoms with van der Waals surface area (Å²) in [5.41, 5.74) is 3.53. The van der Waals surface area contributed by atoms with Gasteiger partial charge in [0.15, 0.2) is 8.07 Å². The summed E-state index contributed by atoms with van der Waals surface area (Å²) in [7, 11) is -4.66. The molecule has 0 fully saturated rings. The summed E-state index contributed by atoms with van der Waals surface area (Å²) in [6, 6.07) is 50.6. The van der Waals surface area contributed by atoms with Crippen LogP contribution in [0.5, 0.6) is 23.0 Å². The molecule has 0 spiro atoms. The van der Waals surface area contributed by atoms with Crippen LogP contribution in [-0.4, -0.2) is 16.1 Å². The fourth-order valence-electron chi connectivity index (χ4n) is 7.71. The second-order valence-corrected chi connectivity index (χ2v) is 20.1. The largest absolute Gasteiger partial charge is 0.457 e. The van der Waals surface area contributed by atoms with Gasteiger partial charge in [-0.25, -0.2) is 0 Å². The predicted octanol–water partition coefficient (Wildman–Crippen LogP) is 5.88. The molecule has 0 bridgehead atoms. The maximum Gasteiger partial charge on any atom is 0.197 e. The van der Waals surface area contributed by atoms with E-state index in [-0.39, 0.29) is 0 Å². The van der Waals surface area contributed by atoms with Crippen LogP contribution in [0.25, 0.3) is 0 Å². The lowest BCUT2D eigenvalue weighted by atomic mass is 10.1. The Morgan fingerprint density at radius 2 is 0.907 bits per heavy atom. The van der Waals surface area contributed by atoms with E-state index in [0.717, 1.165) is 28.7 Å². The van der Waals surface area contributed by atoms with E-state index in [1.807, 2.05) is 0 Å². The zero-order chi connectivity index (χ0) is 28.8. The van der Waals surface area contributed by atoms with Gasteiger partial charge in [-0.05, 0) is 50.2 Å². The molecule has 0 unspecified atom stereocenters. The lowest BCUT2D eigenvalue weighted by Gasteiger charge is -2.45. The molecule has 0 N–H and O–H groups in total. The van der Waals surface area contributed by atoms with E-state index in [4.69, 9.17) is 9.47 Å². The van der Waals surface area contributed by atoms with Crippen molar-refractivity contribution >= 4 is 64.3 Å². The van der Waals surface area contributed by atoms with Gasteiger partial charge in [0, 0.05) is 28.7 Å². The van der Waals surface area contributed by atoms with Gasteiger partial charge in [0.1, 0.15) is 31.1 Å². The summed E-state index contributed by atoms with van der Waals surface area (Å²) in [6.07, 6.45) is 0. The van der Waals surface area contributed by atoms with Crippen LogP contribution in [0.3, 0.4) is 0 Å². The molecular weight excluding hydrogens is 559 g/mol. The van der Waals surface area contributed by atoms with Gasteiger partial charge < -0.3 is 14.4 Å². The highest BCUT2D eigenvalue weighted by molar-refractivity contribution is 7.21. The Hall–Kier alpha value is -4.85. The molecule has 0 aliphatic carbocycles. The minimum Gasteiger partial charge on any atom is -0.457 e. The van der Waals surface area contributed by atoms with Gasteiger partial charge in [0.25, 0.3) is 0 Å². The van der Waals surface area contributed by atoms with Gasteiger partial charge in [-0.3, -0.25) is 0 Å². The van der Waals surface area contributed by atoms with Gasteiger partial charge in [0.05, 0.1) is 5.69 Å². The zero-order valence-corrected chi connectivity index (χ0v) is 26.0. The first-order valence-corrected chi connectivity index (χ1v) is 19.9. The van der Waals surface area contributed by atoms with Gasteiger partial charge >= 0.3 is 0 Å². The average Bonchev–Trinajstić information content (AvgIpc) is 3.05. The molecule has 0 aromatic heterocycles. The fourth-order valence-corrected chi connectivity index (χ4v) is 15.8. The normalized spacial score (nSPS) is 15.9. The Morgan fingerprint density at radius 1 is 0.465 bits per heavy atom. The SMILES string of the molecule is C[Si]1(C)c2ccccc2N(c2cc3c4c(c2)Oc2ccccc2[Si]4(c2ccccc2)c2ccccc2O3)c2ccccc21. The Labute approximate surface area is 253 Å². The molecule has 3 aliphatic heterocycles. The van der Waals surface area contributed by atoms with Crippen LogP contribution < -0.4 is 45.5 Å². The first-order chi connectivity index (χ1) is 21.1. The predicted molar refractivity (Wildman–Crippen MR) is 182 cm³/mol. The minimum atomic E-state index is -2.75. The van der Waals surface area contributed by atoms with Crippen molar-refractivity contribution in [3.63, 3.8) is 0 Å². The summed E-state index contributed by atoms with van der Waals surface area (Å²) < 4.78 is 13.7. The number of rotatable bonds is 2. The van der Waals surface area contributed by atoms with Crippen LogP contribution in [0.2, 0.25) is 13.1 Å². The maximum atomic E-state index is 6.87. The minimum absolute atomic E-state index is 0.883. The molecule has 9 rings (SSSR count). The van der Waals surface area contributed by atoms with E-state index in [9.17, 15) is 0 Å². The van der Waals surface area contributed by atoms with Crippen molar-refractivity contribution in [3.05, 3.63) is 140 Å². The fraction of sp³-hybridized carbons (Fsp3) is 0.0526. The number of benzene rings is 6. The molecule has 0 saturated heterocycles. The van der Waals surface area contributed by atoms with Gasteiger partial charge in [-0.1, -0.05) is 116 Å². The highest BCUT2D eigenvalue weighted by Gasteiger charge is 2.54. The second kappa shape index (κ2) is 8.83. The molecule has 0 atom stereocenters. The highest BCUT2D eigenvalue weighted by Crippen LogP contribution is 2.45. The van der Waals surface area contributed by atoms with Gasteiger partial charge in [-0.2, -0.15) is 0 Å². The molecular formula is C38H29NO2Si2. The van der Waals surface area contributed by atoms with Crippen LogP contribution >= 0.6 is 0 Å². The highest BCUT2D eigenvalue weighted by atomic mass is 28.3. The molecule has 0 saturated carbocycles. The molecule has 3 aliphatic rings. The van der Waals surface area contributed by atoms with E-state index in [1.54, 1.807) is 0 Å².